The van der Waals surface area contributed by atoms with Gasteiger partial charge in [-0.15, -0.1) is 0 Å². The zero-order valence-corrected chi connectivity index (χ0v) is 19.0. The molecule has 2 N–H and O–H groups in total. The molecule has 0 bridgehead atoms. The Labute approximate surface area is 196 Å². The van der Waals surface area contributed by atoms with Crippen LogP contribution in [-0.2, 0) is 11.2 Å². The lowest BCUT2D eigenvalue weighted by Crippen LogP contribution is -2.21. The Morgan fingerprint density at radius 3 is 2.44 bits per heavy atom. The smallest absolute Gasteiger partial charge is 0.257 e. The molecule has 0 aromatic heterocycles. The van der Waals surface area contributed by atoms with Gasteiger partial charge in [-0.1, -0.05) is 47.5 Å². The molecule has 3 aromatic rings. The van der Waals surface area contributed by atoms with Gasteiger partial charge >= 0.3 is 0 Å². The van der Waals surface area contributed by atoms with E-state index in [-0.39, 0.29) is 23.3 Å². The van der Waals surface area contributed by atoms with Gasteiger partial charge in [0.2, 0.25) is 5.91 Å². The van der Waals surface area contributed by atoms with Crippen molar-refractivity contribution in [1.29, 1.82) is 0 Å². The predicted molar refractivity (Wildman–Crippen MR) is 128 cm³/mol. The molecule has 0 aliphatic carbocycles. The molecule has 3 aromatic carbocycles. The summed E-state index contributed by atoms with van der Waals surface area (Å²) in [6.45, 7) is 1.77. The van der Waals surface area contributed by atoms with Crippen molar-refractivity contribution in [2.24, 2.45) is 5.10 Å². The molecule has 2 amide bonds. The van der Waals surface area contributed by atoms with Crippen LogP contribution >= 0.6 is 23.2 Å². The maximum absolute atomic E-state index is 12.5. The second kappa shape index (κ2) is 10.8. The summed E-state index contributed by atoms with van der Waals surface area (Å²) in [6, 6.07) is 19.1. The summed E-state index contributed by atoms with van der Waals surface area (Å²) in [7, 11) is 1.59. The number of carbonyl (C=O) groups is 2. The molecule has 0 atom stereocenters. The Kier molecular flexibility index (Phi) is 7.87. The zero-order valence-electron chi connectivity index (χ0n) is 17.5. The molecule has 0 saturated heterocycles. The number of hydrogen-bond acceptors (Lipinski definition) is 4. The third-order valence-corrected chi connectivity index (χ3v) is 5.13. The number of amides is 2. The lowest BCUT2D eigenvalue weighted by molar-refractivity contribution is -0.120. The number of methoxy groups -OCH3 is 1. The van der Waals surface area contributed by atoms with Gasteiger partial charge in [-0.25, -0.2) is 5.43 Å². The second-order valence-corrected chi connectivity index (χ2v) is 7.76. The first-order chi connectivity index (χ1) is 15.4. The van der Waals surface area contributed by atoms with Crippen molar-refractivity contribution in [3.05, 3.63) is 93.5 Å². The van der Waals surface area contributed by atoms with E-state index in [0.717, 1.165) is 16.9 Å². The van der Waals surface area contributed by atoms with E-state index in [1.165, 1.54) is 6.07 Å². The minimum atomic E-state index is -0.355. The van der Waals surface area contributed by atoms with E-state index < -0.39 is 0 Å². The van der Waals surface area contributed by atoms with Crippen molar-refractivity contribution < 1.29 is 14.3 Å². The van der Waals surface area contributed by atoms with Crippen molar-refractivity contribution in [3.63, 3.8) is 0 Å². The van der Waals surface area contributed by atoms with E-state index in [1.807, 2.05) is 18.2 Å². The average Bonchev–Trinajstić information content (AvgIpc) is 2.78. The highest BCUT2D eigenvalue weighted by molar-refractivity contribution is 6.37. The molecule has 0 fully saturated rings. The molecular formula is C24H21Cl2N3O3. The van der Waals surface area contributed by atoms with Crippen LogP contribution in [0.1, 0.15) is 28.4 Å². The molecule has 0 unspecified atom stereocenters. The fourth-order valence-corrected chi connectivity index (χ4v) is 3.37. The lowest BCUT2D eigenvalue weighted by atomic mass is 10.1. The number of rotatable bonds is 7. The van der Waals surface area contributed by atoms with E-state index in [1.54, 1.807) is 56.5 Å². The Bertz CT molecular complexity index is 1160. The van der Waals surface area contributed by atoms with Crippen LogP contribution in [0.5, 0.6) is 5.75 Å². The number of halogens is 2. The lowest BCUT2D eigenvalue weighted by Gasteiger charge is -2.09. The van der Waals surface area contributed by atoms with E-state index in [0.29, 0.717) is 22.0 Å². The molecule has 0 aliphatic rings. The van der Waals surface area contributed by atoms with Crippen molar-refractivity contribution in [2.75, 3.05) is 12.4 Å². The molecular weight excluding hydrogens is 449 g/mol. The highest BCUT2D eigenvalue weighted by Gasteiger charge is 2.12. The number of nitrogens with zero attached hydrogens (tertiary/aromatic N) is 1. The first-order valence-electron chi connectivity index (χ1n) is 9.68. The molecule has 0 spiro atoms. The van der Waals surface area contributed by atoms with Crippen molar-refractivity contribution in [1.82, 2.24) is 5.43 Å². The number of carbonyl (C=O) groups excluding carboxylic acids is 2. The van der Waals surface area contributed by atoms with Gasteiger partial charge in [0, 0.05) is 10.7 Å². The third-order valence-electron chi connectivity index (χ3n) is 4.59. The third kappa shape index (κ3) is 6.33. The Morgan fingerprint density at radius 2 is 1.75 bits per heavy atom. The molecule has 0 saturated carbocycles. The summed E-state index contributed by atoms with van der Waals surface area (Å²) < 4.78 is 5.11. The quantitative estimate of drug-likeness (QED) is 0.362. The molecule has 0 radical (unpaired) electrons. The van der Waals surface area contributed by atoms with Crippen molar-refractivity contribution >= 4 is 46.4 Å². The number of hydrazone groups is 1. The van der Waals surface area contributed by atoms with Gasteiger partial charge in [0.15, 0.2) is 0 Å². The SMILES string of the molecule is COc1ccc(CC(=O)N/N=C(\C)c2cccc(NC(=O)c3ccc(Cl)cc3Cl)c2)cc1. The summed E-state index contributed by atoms with van der Waals surface area (Å²) in [5.74, 6) is 0.135. The van der Waals surface area contributed by atoms with Crippen molar-refractivity contribution in [2.45, 2.75) is 13.3 Å². The van der Waals surface area contributed by atoms with Crippen LogP contribution in [0.4, 0.5) is 5.69 Å². The molecule has 0 aliphatic heterocycles. The van der Waals surface area contributed by atoms with Crippen LogP contribution in [0.2, 0.25) is 10.0 Å². The van der Waals surface area contributed by atoms with Crippen LogP contribution in [-0.4, -0.2) is 24.6 Å². The van der Waals surface area contributed by atoms with Gasteiger partial charge in [-0.3, -0.25) is 9.59 Å². The Balaban J connectivity index is 1.63. The average molecular weight is 470 g/mol. The minimum Gasteiger partial charge on any atom is -0.497 e. The van der Waals surface area contributed by atoms with Crippen LogP contribution in [0.25, 0.3) is 0 Å². The summed E-state index contributed by atoms with van der Waals surface area (Å²) >= 11 is 12.0. The molecule has 164 valence electrons. The van der Waals surface area contributed by atoms with Gasteiger partial charge in [-0.05, 0) is 60.5 Å². The predicted octanol–water partition coefficient (Wildman–Crippen LogP) is 5.34. The number of hydrogen-bond donors (Lipinski definition) is 2. The Morgan fingerprint density at radius 1 is 1.00 bits per heavy atom. The normalized spacial score (nSPS) is 11.1. The summed E-state index contributed by atoms with van der Waals surface area (Å²) in [4.78, 5) is 24.7. The van der Waals surface area contributed by atoms with Crippen LogP contribution in [0.3, 0.4) is 0 Å². The largest absolute Gasteiger partial charge is 0.497 e. The van der Waals surface area contributed by atoms with E-state index in [4.69, 9.17) is 27.9 Å². The van der Waals surface area contributed by atoms with Gasteiger partial charge in [-0.2, -0.15) is 5.10 Å². The standard InChI is InChI=1S/C24H21Cl2N3O3/c1-15(28-29-23(30)12-16-6-9-20(32-2)10-7-16)17-4-3-5-19(13-17)27-24(31)21-11-8-18(25)14-22(21)26/h3-11,13-14H,12H2,1-2H3,(H,27,31)(H,29,30)/b28-15+. The minimum absolute atomic E-state index is 0.193. The second-order valence-electron chi connectivity index (χ2n) is 6.92. The van der Waals surface area contributed by atoms with Crippen LogP contribution in [0.15, 0.2) is 71.8 Å². The molecule has 0 heterocycles. The summed E-state index contributed by atoms with van der Waals surface area (Å²) in [6.07, 6.45) is 0.193. The number of anilines is 1. The van der Waals surface area contributed by atoms with E-state index in [9.17, 15) is 9.59 Å². The summed E-state index contributed by atoms with van der Waals surface area (Å²) in [5.41, 5.74) is 5.63. The van der Waals surface area contributed by atoms with Crippen LogP contribution in [0, 0.1) is 0 Å². The molecule has 3 rings (SSSR count). The maximum Gasteiger partial charge on any atom is 0.257 e. The Hall–Kier alpha value is -3.35. The number of ether oxygens (including phenoxy) is 1. The number of benzene rings is 3. The van der Waals surface area contributed by atoms with Gasteiger partial charge < -0.3 is 10.1 Å². The van der Waals surface area contributed by atoms with E-state index >= 15 is 0 Å². The molecule has 6 nitrogen and oxygen atoms in total. The van der Waals surface area contributed by atoms with Gasteiger partial charge in [0.1, 0.15) is 5.75 Å². The highest BCUT2D eigenvalue weighted by Crippen LogP contribution is 2.22. The maximum atomic E-state index is 12.5. The first-order valence-corrected chi connectivity index (χ1v) is 10.4. The fourth-order valence-electron chi connectivity index (χ4n) is 2.87. The first kappa shape index (κ1) is 23.3. The van der Waals surface area contributed by atoms with Gasteiger partial charge in [0.05, 0.1) is 29.8 Å². The topological polar surface area (TPSA) is 79.8 Å². The number of nitrogens with one attached hydrogen (secondary N) is 2. The monoisotopic (exact) mass is 469 g/mol. The molecule has 8 heteroatoms. The van der Waals surface area contributed by atoms with Gasteiger partial charge in [0.25, 0.3) is 5.91 Å². The molecule has 32 heavy (non-hydrogen) atoms. The van der Waals surface area contributed by atoms with E-state index in [2.05, 4.69) is 15.8 Å². The summed E-state index contributed by atoms with van der Waals surface area (Å²) in [5, 5.41) is 7.69. The van der Waals surface area contributed by atoms with Crippen LogP contribution < -0.4 is 15.5 Å². The highest BCUT2D eigenvalue weighted by atomic mass is 35.5. The fraction of sp³-hybridized carbons (Fsp3) is 0.125. The zero-order chi connectivity index (χ0) is 23.1. The van der Waals surface area contributed by atoms with Crippen molar-refractivity contribution in [3.8, 4) is 5.75 Å².